The predicted octanol–water partition coefficient (Wildman–Crippen LogP) is 6.18. The van der Waals surface area contributed by atoms with E-state index in [0.717, 1.165) is 26.6 Å². The van der Waals surface area contributed by atoms with E-state index in [4.69, 9.17) is 4.74 Å². The van der Waals surface area contributed by atoms with Crippen LogP contribution in [-0.2, 0) is 14.8 Å². The van der Waals surface area contributed by atoms with Crippen LogP contribution < -0.4 is 14.4 Å². The zero-order valence-corrected chi connectivity index (χ0v) is 23.8. The first kappa shape index (κ1) is 27.4. The van der Waals surface area contributed by atoms with Crippen LogP contribution in [0.15, 0.2) is 106 Å². The third-order valence-electron chi connectivity index (χ3n) is 6.17. The van der Waals surface area contributed by atoms with Crippen molar-refractivity contribution >= 4 is 37.5 Å². The minimum absolute atomic E-state index is 0.0386. The Labute approximate surface area is 232 Å². The molecule has 0 saturated carbocycles. The van der Waals surface area contributed by atoms with Gasteiger partial charge in [-0.15, -0.1) is 0 Å². The lowest BCUT2D eigenvalue weighted by Gasteiger charge is -2.26. The fourth-order valence-corrected chi connectivity index (χ4v) is 6.20. The summed E-state index contributed by atoms with van der Waals surface area (Å²) in [5, 5.41) is 3.06. The first-order valence-corrected chi connectivity index (χ1v) is 14.3. The van der Waals surface area contributed by atoms with Gasteiger partial charge in [0.05, 0.1) is 28.2 Å². The van der Waals surface area contributed by atoms with E-state index in [1.165, 1.54) is 19.2 Å². The van der Waals surface area contributed by atoms with E-state index < -0.39 is 28.5 Å². The van der Waals surface area contributed by atoms with Crippen LogP contribution in [0.1, 0.15) is 28.3 Å². The number of carbonyl (C=O) groups is 1. The molecule has 4 aromatic carbocycles. The normalized spacial score (nSPS) is 12.0. The van der Waals surface area contributed by atoms with E-state index in [1.807, 2.05) is 80.6 Å². The molecular weight excluding hydrogens is 564 g/mol. The van der Waals surface area contributed by atoms with E-state index >= 15 is 0 Å². The molecule has 38 heavy (non-hydrogen) atoms. The quantitative estimate of drug-likeness (QED) is 0.252. The third-order valence-corrected chi connectivity index (χ3v) is 8.56. The van der Waals surface area contributed by atoms with E-state index in [0.29, 0.717) is 15.9 Å². The summed E-state index contributed by atoms with van der Waals surface area (Å²) in [6.07, 6.45) is 0. The summed E-state index contributed by atoms with van der Waals surface area (Å²) in [4.78, 5) is 13.6. The maximum atomic E-state index is 13.9. The average Bonchev–Trinajstić information content (AvgIpc) is 2.92. The number of nitrogens with zero attached hydrogens (tertiary/aromatic N) is 1. The molecule has 1 unspecified atom stereocenters. The van der Waals surface area contributed by atoms with Crippen molar-refractivity contribution in [3.63, 3.8) is 0 Å². The highest BCUT2D eigenvalue weighted by molar-refractivity contribution is 9.10. The van der Waals surface area contributed by atoms with Crippen LogP contribution in [0.3, 0.4) is 0 Å². The van der Waals surface area contributed by atoms with Gasteiger partial charge in [0.15, 0.2) is 0 Å². The molecule has 1 amide bonds. The van der Waals surface area contributed by atoms with Gasteiger partial charge in [0.2, 0.25) is 5.91 Å². The Hall–Kier alpha value is -3.62. The number of nitrogens with one attached hydrogen (secondary N) is 1. The van der Waals surface area contributed by atoms with Crippen LogP contribution >= 0.6 is 15.9 Å². The maximum absolute atomic E-state index is 13.9. The van der Waals surface area contributed by atoms with Gasteiger partial charge in [-0.2, -0.15) is 0 Å². The minimum atomic E-state index is -4.09. The zero-order chi connectivity index (χ0) is 27.3. The molecule has 0 aromatic heterocycles. The van der Waals surface area contributed by atoms with Crippen LogP contribution in [0.5, 0.6) is 5.75 Å². The van der Waals surface area contributed by atoms with Crippen LogP contribution in [-0.4, -0.2) is 28.0 Å². The van der Waals surface area contributed by atoms with Gasteiger partial charge in [0, 0.05) is 0 Å². The lowest BCUT2D eigenvalue weighted by Crippen LogP contribution is -2.42. The molecule has 0 bridgehead atoms. The maximum Gasteiger partial charge on any atom is 0.264 e. The SMILES string of the molecule is COc1ccc(S(=O)(=O)N(CC(=O)NC(c2ccccc2)c2ccc(C)cc2)c2ccc(C)cc2)cc1Br. The van der Waals surface area contributed by atoms with Gasteiger partial charge in [-0.25, -0.2) is 8.42 Å². The summed E-state index contributed by atoms with van der Waals surface area (Å²) < 4.78 is 34.6. The second kappa shape index (κ2) is 11.8. The average molecular weight is 594 g/mol. The second-order valence-corrected chi connectivity index (χ2v) is 11.7. The van der Waals surface area contributed by atoms with Crippen molar-refractivity contribution in [2.24, 2.45) is 0 Å². The second-order valence-electron chi connectivity index (χ2n) is 8.97. The fourth-order valence-electron chi connectivity index (χ4n) is 4.06. The molecular formula is C30H29BrN2O4S. The highest BCUT2D eigenvalue weighted by Crippen LogP contribution is 2.31. The topological polar surface area (TPSA) is 75.7 Å². The third kappa shape index (κ3) is 6.26. The van der Waals surface area contributed by atoms with Crippen molar-refractivity contribution < 1.29 is 17.9 Å². The van der Waals surface area contributed by atoms with Crippen molar-refractivity contribution in [2.75, 3.05) is 18.0 Å². The Balaban J connectivity index is 1.69. The first-order chi connectivity index (χ1) is 18.2. The van der Waals surface area contributed by atoms with Crippen LogP contribution in [0.2, 0.25) is 0 Å². The zero-order valence-electron chi connectivity index (χ0n) is 21.4. The molecule has 196 valence electrons. The van der Waals surface area contributed by atoms with Crippen LogP contribution in [0, 0.1) is 13.8 Å². The predicted molar refractivity (Wildman–Crippen MR) is 154 cm³/mol. The number of rotatable bonds is 9. The smallest absolute Gasteiger partial charge is 0.264 e. The number of benzene rings is 4. The van der Waals surface area contributed by atoms with Crippen molar-refractivity contribution in [3.8, 4) is 5.75 Å². The number of amides is 1. The van der Waals surface area contributed by atoms with Crippen molar-refractivity contribution in [2.45, 2.75) is 24.8 Å². The number of hydrogen-bond donors (Lipinski definition) is 1. The molecule has 0 radical (unpaired) electrons. The summed E-state index contributed by atoms with van der Waals surface area (Å²) in [6.45, 7) is 3.52. The summed E-state index contributed by atoms with van der Waals surface area (Å²) in [5.74, 6) is 0.0727. The van der Waals surface area contributed by atoms with E-state index in [9.17, 15) is 13.2 Å². The highest BCUT2D eigenvalue weighted by Gasteiger charge is 2.29. The summed E-state index contributed by atoms with van der Waals surface area (Å²) in [5.41, 5.74) is 4.28. The summed E-state index contributed by atoms with van der Waals surface area (Å²) in [6, 6.07) is 28.6. The molecule has 0 saturated heterocycles. The molecule has 0 aliphatic carbocycles. The molecule has 6 nitrogen and oxygen atoms in total. The number of carbonyl (C=O) groups excluding carboxylic acids is 1. The molecule has 0 aliphatic rings. The molecule has 8 heteroatoms. The number of aryl methyl sites for hydroxylation is 2. The first-order valence-electron chi connectivity index (χ1n) is 12.0. The largest absolute Gasteiger partial charge is 0.496 e. The van der Waals surface area contributed by atoms with Gasteiger partial charge in [-0.1, -0.05) is 77.9 Å². The van der Waals surface area contributed by atoms with Gasteiger partial charge in [-0.05, 0) is 71.2 Å². The summed E-state index contributed by atoms with van der Waals surface area (Å²) >= 11 is 3.37. The van der Waals surface area contributed by atoms with Crippen molar-refractivity contribution in [1.82, 2.24) is 5.32 Å². The lowest BCUT2D eigenvalue weighted by atomic mass is 9.98. The van der Waals surface area contributed by atoms with Crippen LogP contribution in [0.4, 0.5) is 5.69 Å². The van der Waals surface area contributed by atoms with E-state index in [1.54, 1.807) is 18.2 Å². The Morgan fingerprint density at radius 2 is 1.45 bits per heavy atom. The number of ether oxygens (including phenoxy) is 1. The molecule has 0 spiro atoms. The van der Waals surface area contributed by atoms with Gasteiger partial charge in [0.1, 0.15) is 12.3 Å². The van der Waals surface area contributed by atoms with Gasteiger partial charge >= 0.3 is 0 Å². The molecule has 0 heterocycles. The number of hydrogen-bond acceptors (Lipinski definition) is 4. The number of methoxy groups -OCH3 is 1. The Kier molecular flexibility index (Phi) is 8.54. The molecule has 4 rings (SSSR count). The molecule has 1 N–H and O–H groups in total. The Bertz CT molecular complexity index is 1510. The molecule has 0 fully saturated rings. The van der Waals surface area contributed by atoms with Gasteiger partial charge in [0.25, 0.3) is 10.0 Å². The number of anilines is 1. The fraction of sp³-hybridized carbons (Fsp3) is 0.167. The monoisotopic (exact) mass is 592 g/mol. The van der Waals surface area contributed by atoms with Crippen LogP contribution in [0.25, 0.3) is 0 Å². The van der Waals surface area contributed by atoms with E-state index in [-0.39, 0.29) is 4.90 Å². The molecule has 4 aromatic rings. The van der Waals surface area contributed by atoms with Crippen molar-refractivity contribution in [1.29, 1.82) is 0 Å². The van der Waals surface area contributed by atoms with Crippen molar-refractivity contribution in [3.05, 3.63) is 124 Å². The lowest BCUT2D eigenvalue weighted by molar-refractivity contribution is -0.120. The minimum Gasteiger partial charge on any atom is -0.496 e. The Morgan fingerprint density at radius 3 is 2.03 bits per heavy atom. The summed E-state index contributed by atoms with van der Waals surface area (Å²) in [7, 11) is -2.58. The Morgan fingerprint density at radius 1 is 0.868 bits per heavy atom. The van der Waals surface area contributed by atoms with E-state index in [2.05, 4.69) is 21.2 Å². The van der Waals surface area contributed by atoms with Gasteiger partial charge < -0.3 is 10.1 Å². The molecule has 0 aliphatic heterocycles. The standard InChI is InChI=1S/C30H29BrN2O4S/c1-21-9-13-24(14-10-21)30(23-7-5-4-6-8-23)32-29(34)20-33(25-15-11-22(2)12-16-25)38(35,36)26-17-18-28(37-3)27(31)19-26/h4-19,30H,20H2,1-3H3,(H,32,34). The highest BCUT2D eigenvalue weighted by atomic mass is 79.9. The number of sulfonamides is 1. The molecule has 1 atom stereocenters. The van der Waals surface area contributed by atoms with Gasteiger partial charge in [-0.3, -0.25) is 9.10 Å². The number of halogens is 1.